The fraction of sp³-hybridized carbons (Fsp3) is 0. The molecular weight excluding hydrogens is 514 g/mol. The first-order chi connectivity index (χ1) is 20.8. The van der Waals surface area contributed by atoms with Crippen molar-refractivity contribution in [2.45, 2.75) is 0 Å². The van der Waals surface area contributed by atoms with Gasteiger partial charge in [0, 0.05) is 10.8 Å². The van der Waals surface area contributed by atoms with Crippen molar-refractivity contribution in [3.05, 3.63) is 140 Å². The van der Waals surface area contributed by atoms with E-state index in [1.165, 1.54) is 38.2 Å². The fourth-order valence-electron chi connectivity index (χ4n) is 6.29. The number of rotatable bonds is 3. The van der Waals surface area contributed by atoms with Gasteiger partial charge in [-0.25, -0.2) is 0 Å². The normalized spacial score (nSPS) is 11.8. The van der Waals surface area contributed by atoms with E-state index >= 15 is 0 Å². The lowest BCUT2D eigenvalue weighted by Crippen LogP contribution is -1.97. The largest absolute Gasteiger partial charge is 0.456 e. The van der Waals surface area contributed by atoms with Gasteiger partial charge in [-0.15, -0.1) is 10.2 Å². The number of aromatic nitrogens is 3. The van der Waals surface area contributed by atoms with Crippen LogP contribution in [0.3, 0.4) is 0 Å². The van der Waals surface area contributed by atoms with Crippen LogP contribution in [0.1, 0.15) is 0 Å². The molecule has 42 heavy (non-hydrogen) atoms. The molecular formula is C38H23N3O. The Bertz CT molecular complexity index is 2480. The Morgan fingerprint density at radius 1 is 0.452 bits per heavy atom. The summed E-state index contributed by atoms with van der Waals surface area (Å²) < 4.78 is 6.20. The summed E-state index contributed by atoms with van der Waals surface area (Å²) in [7, 11) is 0. The molecule has 0 aliphatic heterocycles. The Morgan fingerprint density at radius 2 is 1.14 bits per heavy atom. The number of benzene rings is 7. The van der Waals surface area contributed by atoms with E-state index in [1.54, 1.807) is 4.80 Å². The highest BCUT2D eigenvalue weighted by Gasteiger charge is 2.16. The van der Waals surface area contributed by atoms with Crippen molar-refractivity contribution in [3.8, 4) is 27.9 Å². The van der Waals surface area contributed by atoms with E-state index in [4.69, 9.17) is 14.6 Å². The van der Waals surface area contributed by atoms with Crippen molar-refractivity contribution >= 4 is 54.5 Å². The summed E-state index contributed by atoms with van der Waals surface area (Å²) in [5.41, 5.74) is 9.14. The van der Waals surface area contributed by atoms with Gasteiger partial charge in [0.05, 0.1) is 5.69 Å². The molecule has 9 aromatic rings. The second-order valence-corrected chi connectivity index (χ2v) is 10.7. The highest BCUT2D eigenvalue weighted by Crippen LogP contribution is 2.41. The summed E-state index contributed by atoms with van der Waals surface area (Å²) >= 11 is 0. The van der Waals surface area contributed by atoms with E-state index in [2.05, 4.69) is 127 Å². The third kappa shape index (κ3) is 3.49. The number of hydrogen-bond acceptors (Lipinski definition) is 3. The average Bonchev–Trinajstić information content (AvgIpc) is 3.65. The number of hydrogen-bond donors (Lipinski definition) is 0. The van der Waals surface area contributed by atoms with Gasteiger partial charge < -0.3 is 4.42 Å². The van der Waals surface area contributed by atoms with Crippen LogP contribution in [0.15, 0.2) is 144 Å². The van der Waals surface area contributed by atoms with Crippen molar-refractivity contribution in [3.63, 3.8) is 0 Å². The van der Waals surface area contributed by atoms with Crippen LogP contribution in [0.25, 0.3) is 82.5 Å². The smallest absolute Gasteiger partial charge is 0.136 e. The average molecular weight is 538 g/mol. The van der Waals surface area contributed by atoms with Crippen LogP contribution in [-0.2, 0) is 0 Å². The molecule has 2 aromatic heterocycles. The molecule has 7 aromatic carbocycles. The van der Waals surface area contributed by atoms with Gasteiger partial charge in [-0.3, -0.25) is 0 Å². The van der Waals surface area contributed by atoms with Gasteiger partial charge in [0.1, 0.15) is 22.2 Å². The molecule has 0 unspecified atom stereocenters. The molecule has 196 valence electrons. The zero-order valence-corrected chi connectivity index (χ0v) is 22.5. The third-order valence-electron chi connectivity index (χ3n) is 8.27. The van der Waals surface area contributed by atoms with Crippen molar-refractivity contribution in [1.82, 2.24) is 15.0 Å². The van der Waals surface area contributed by atoms with Gasteiger partial charge in [0.2, 0.25) is 0 Å². The van der Waals surface area contributed by atoms with Crippen LogP contribution >= 0.6 is 0 Å². The summed E-state index contributed by atoms with van der Waals surface area (Å²) in [6, 6.07) is 48.7. The van der Waals surface area contributed by atoms with E-state index in [0.29, 0.717) is 0 Å². The molecule has 0 aliphatic carbocycles. The second kappa shape index (κ2) is 8.88. The number of furan rings is 1. The van der Waals surface area contributed by atoms with E-state index in [0.717, 1.165) is 44.2 Å². The summed E-state index contributed by atoms with van der Waals surface area (Å²) in [5, 5.41) is 16.7. The number of fused-ring (bicyclic) bond motifs is 6. The van der Waals surface area contributed by atoms with Crippen LogP contribution in [0.2, 0.25) is 0 Å². The summed E-state index contributed by atoms with van der Waals surface area (Å²) in [6.45, 7) is 0. The third-order valence-corrected chi connectivity index (χ3v) is 8.27. The minimum atomic E-state index is 0.864. The fourth-order valence-corrected chi connectivity index (χ4v) is 6.29. The molecule has 4 nitrogen and oxygen atoms in total. The molecule has 0 N–H and O–H groups in total. The molecule has 0 amide bonds. The molecule has 4 heteroatoms. The van der Waals surface area contributed by atoms with Crippen LogP contribution < -0.4 is 0 Å². The molecule has 0 fully saturated rings. The molecule has 0 aliphatic rings. The summed E-state index contributed by atoms with van der Waals surface area (Å²) in [4.78, 5) is 1.73. The Hall–Kier alpha value is -5.74. The maximum atomic E-state index is 6.20. The first-order valence-electron chi connectivity index (χ1n) is 14.1. The van der Waals surface area contributed by atoms with Crippen molar-refractivity contribution < 1.29 is 4.42 Å². The molecule has 2 heterocycles. The second-order valence-electron chi connectivity index (χ2n) is 10.7. The van der Waals surface area contributed by atoms with Crippen molar-refractivity contribution in [2.75, 3.05) is 0 Å². The minimum Gasteiger partial charge on any atom is -0.456 e. The lowest BCUT2D eigenvalue weighted by atomic mass is 9.91. The van der Waals surface area contributed by atoms with Crippen molar-refractivity contribution in [2.24, 2.45) is 0 Å². The Morgan fingerprint density at radius 3 is 2.07 bits per heavy atom. The van der Waals surface area contributed by atoms with Crippen LogP contribution in [0, 0.1) is 0 Å². The van der Waals surface area contributed by atoms with Gasteiger partial charge in [0.15, 0.2) is 0 Å². The maximum absolute atomic E-state index is 6.20. The highest BCUT2D eigenvalue weighted by molar-refractivity contribution is 6.16. The molecule has 0 atom stereocenters. The zero-order valence-electron chi connectivity index (χ0n) is 22.5. The quantitative estimate of drug-likeness (QED) is 0.225. The number of para-hydroxylation sites is 1. The van der Waals surface area contributed by atoms with E-state index in [9.17, 15) is 0 Å². The van der Waals surface area contributed by atoms with E-state index in [1.807, 2.05) is 12.1 Å². The molecule has 0 saturated heterocycles. The Labute approximate surface area is 241 Å². The van der Waals surface area contributed by atoms with Gasteiger partial charge in [0.25, 0.3) is 0 Å². The Kier molecular flexibility index (Phi) is 4.87. The van der Waals surface area contributed by atoms with Gasteiger partial charge in [-0.1, -0.05) is 103 Å². The first-order valence-corrected chi connectivity index (χ1v) is 14.1. The summed E-state index contributed by atoms with van der Waals surface area (Å²) in [5.74, 6) is 0. The van der Waals surface area contributed by atoms with E-state index < -0.39 is 0 Å². The molecule has 0 radical (unpaired) electrons. The molecule has 9 rings (SSSR count). The number of nitrogens with zero attached hydrogens (tertiary/aromatic N) is 3. The maximum Gasteiger partial charge on any atom is 0.136 e. The predicted octanol–water partition coefficient (Wildman–Crippen LogP) is 9.96. The molecule has 0 saturated carbocycles. The molecule has 0 bridgehead atoms. The highest BCUT2D eigenvalue weighted by atomic mass is 16.3. The monoisotopic (exact) mass is 537 g/mol. The Balaban J connectivity index is 1.19. The lowest BCUT2D eigenvalue weighted by Gasteiger charge is -2.12. The molecule has 0 spiro atoms. The van der Waals surface area contributed by atoms with Gasteiger partial charge >= 0.3 is 0 Å². The zero-order chi connectivity index (χ0) is 27.6. The van der Waals surface area contributed by atoms with Crippen LogP contribution in [-0.4, -0.2) is 15.0 Å². The standard InChI is InChI=1S/C38H23N3O/c1-2-9-25-22-27(20-18-24(25)8-1)41-39-34-21-19-26(23-35(34)40-41)28-11-5-13-30-29(28)12-6-14-31(30)32-15-7-17-37-38(32)33-10-3-4-16-36(33)42-37/h1-23H. The minimum absolute atomic E-state index is 0.864. The SMILES string of the molecule is c1ccc2cc(-n3nc4ccc(-c5cccc6c(-c7cccc8oc9ccccc9c78)cccc56)cc4n3)ccc2c1. The van der Waals surface area contributed by atoms with Crippen LogP contribution in [0.5, 0.6) is 0 Å². The van der Waals surface area contributed by atoms with Crippen LogP contribution in [0.4, 0.5) is 0 Å². The topological polar surface area (TPSA) is 43.9 Å². The van der Waals surface area contributed by atoms with Gasteiger partial charge in [-0.05, 0) is 80.2 Å². The van der Waals surface area contributed by atoms with Gasteiger partial charge in [-0.2, -0.15) is 4.80 Å². The first kappa shape index (κ1) is 23.0. The van der Waals surface area contributed by atoms with Crippen molar-refractivity contribution in [1.29, 1.82) is 0 Å². The summed E-state index contributed by atoms with van der Waals surface area (Å²) in [6.07, 6.45) is 0. The predicted molar refractivity (Wildman–Crippen MR) is 172 cm³/mol. The lowest BCUT2D eigenvalue weighted by molar-refractivity contribution is 0.669. The van der Waals surface area contributed by atoms with E-state index in [-0.39, 0.29) is 0 Å².